The molecular formula is C27H29N7O2. The standard InChI is InChI=1S/C27H29N7O2/c1-4-19(27(36)31-21-11-6-8-14-29-21)13-12-18(3)23-24-25(28)30-15-17-34(24)26(32-23)20-10-7-9-16-33(20)22(35)5-2/h4-6,8,11-15,17,20H,1-2,7,9-10,16H2,3H3,(H2,28,30)(H,29,31,36)/b18-12+,19-13+. The number of piperidine rings is 1. The molecule has 1 fully saturated rings. The van der Waals surface area contributed by atoms with Crippen LogP contribution in [-0.4, -0.2) is 42.6 Å². The number of allylic oxidation sites excluding steroid dienone is 3. The van der Waals surface area contributed by atoms with Crippen molar-refractivity contribution in [2.45, 2.75) is 32.2 Å². The summed E-state index contributed by atoms with van der Waals surface area (Å²) in [5.41, 5.74) is 8.71. The SMILES string of the molecule is C=CC(=O)N1CCCCC1c1nc(/C(C)=C/C=C(\C=C)C(=O)Nc2ccccn2)c2c(N)nccn12. The second-order valence-electron chi connectivity index (χ2n) is 8.44. The van der Waals surface area contributed by atoms with Crippen LogP contribution in [0.25, 0.3) is 11.1 Å². The number of imidazole rings is 1. The number of nitrogens with one attached hydrogen (secondary N) is 1. The molecule has 1 saturated heterocycles. The first-order chi connectivity index (χ1) is 17.4. The Balaban J connectivity index is 1.72. The molecule has 0 aromatic carbocycles. The molecule has 4 heterocycles. The number of nitrogens with two attached hydrogens (primary N) is 1. The fourth-order valence-corrected chi connectivity index (χ4v) is 4.33. The number of fused-ring (bicyclic) bond motifs is 1. The minimum Gasteiger partial charge on any atom is -0.382 e. The van der Waals surface area contributed by atoms with Gasteiger partial charge in [0.25, 0.3) is 5.91 Å². The monoisotopic (exact) mass is 483 g/mol. The summed E-state index contributed by atoms with van der Waals surface area (Å²) in [6.07, 6.45) is 14.0. The zero-order valence-corrected chi connectivity index (χ0v) is 20.2. The maximum absolute atomic E-state index is 12.7. The molecule has 3 N–H and O–H groups in total. The van der Waals surface area contributed by atoms with Crippen molar-refractivity contribution >= 4 is 34.5 Å². The zero-order chi connectivity index (χ0) is 25.7. The maximum atomic E-state index is 12.7. The molecule has 4 rings (SSSR count). The van der Waals surface area contributed by atoms with Gasteiger partial charge >= 0.3 is 0 Å². The minimum absolute atomic E-state index is 0.121. The lowest BCUT2D eigenvalue weighted by Crippen LogP contribution is -2.38. The number of nitrogen functional groups attached to an aromatic ring is 1. The highest BCUT2D eigenvalue weighted by atomic mass is 16.2. The molecule has 2 amide bonds. The molecule has 1 unspecified atom stereocenters. The fourth-order valence-electron chi connectivity index (χ4n) is 4.33. The van der Waals surface area contributed by atoms with Crippen LogP contribution in [0.15, 0.2) is 79.8 Å². The topological polar surface area (TPSA) is 119 Å². The van der Waals surface area contributed by atoms with Crippen LogP contribution >= 0.6 is 0 Å². The Labute approximate surface area is 209 Å². The first-order valence-electron chi connectivity index (χ1n) is 11.7. The van der Waals surface area contributed by atoms with Gasteiger partial charge in [-0.25, -0.2) is 15.0 Å². The second kappa shape index (κ2) is 10.8. The van der Waals surface area contributed by atoms with E-state index in [0.29, 0.717) is 35.0 Å². The molecule has 1 aliphatic heterocycles. The van der Waals surface area contributed by atoms with Crippen molar-refractivity contribution in [3.05, 3.63) is 91.3 Å². The van der Waals surface area contributed by atoms with E-state index >= 15 is 0 Å². The van der Waals surface area contributed by atoms with Crippen LogP contribution in [0.5, 0.6) is 0 Å². The van der Waals surface area contributed by atoms with Gasteiger partial charge in [-0.2, -0.15) is 0 Å². The van der Waals surface area contributed by atoms with E-state index in [4.69, 9.17) is 10.7 Å². The number of carbonyl (C=O) groups excluding carboxylic acids is 2. The first-order valence-corrected chi connectivity index (χ1v) is 11.7. The minimum atomic E-state index is -0.329. The van der Waals surface area contributed by atoms with E-state index in [9.17, 15) is 9.59 Å². The van der Waals surface area contributed by atoms with Crippen molar-refractivity contribution in [1.29, 1.82) is 0 Å². The predicted octanol–water partition coefficient (Wildman–Crippen LogP) is 4.10. The lowest BCUT2D eigenvalue weighted by molar-refractivity contribution is -0.129. The van der Waals surface area contributed by atoms with Crippen LogP contribution in [-0.2, 0) is 9.59 Å². The lowest BCUT2D eigenvalue weighted by atomic mass is 10.0. The van der Waals surface area contributed by atoms with E-state index < -0.39 is 0 Å². The molecule has 0 radical (unpaired) electrons. The average molecular weight is 484 g/mol. The number of hydrogen-bond donors (Lipinski definition) is 2. The summed E-state index contributed by atoms with van der Waals surface area (Å²) in [7, 11) is 0. The molecule has 9 nitrogen and oxygen atoms in total. The molecule has 3 aromatic heterocycles. The van der Waals surface area contributed by atoms with Gasteiger partial charge in [-0.1, -0.05) is 31.4 Å². The van der Waals surface area contributed by atoms with Crippen molar-refractivity contribution in [2.24, 2.45) is 0 Å². The van der Waals surface area contributed by atoms with Crippen molar-refractivity contribution in [2.75, 3.05) is 17.6 Å². The van der Waals surface area contributed by atoms with E-state index in [2.05, 4.69) is 28.4 Å². The zero-order valence-electron chi connectivity index (χ0n) is 20.2. The Morgan fingerprint density at radius 1 is 1.14 bits per heavy atom. The third kappa shape index (κ3) is 4.95. The molecule has 0 bridgehead atoms. The molecular weight excluding hydrogens is 454 g/mol. The number of carbonyl (C=O) groups is 2. The summed E-state index contributed by atoms with van der Waals surface area (Å²) >= 11 is 0. The van der Waals surface area contributed by atoms with Gasteiger partial charge in [0.2, 0.25) is 5.91 Å². The van der Waals surface area contributed by atoms with Crippen molar-refractivity contribution in [3.63, 3.8) is 0 Å². The number of pyridine rings is 1. The first kappa shape index (κ1) is 24.6. The highest BCUT2D eigenvalue weighted by Gasteiger charge is 2.31. The molecule has 0 saturated carbocycles. The van der Waals surface area contributed by atoms with Crippen molar-refractivity contribution in [1.82, 2.24) is 24.3 Å². The molecule has 184 valence electrons. The van der Waals surface area contributed by atoms with Crippen LogP contribution in [0.3, 0.4) is 0 Å². The third-order valence-electron chi connectivity index (χ3n) is 6.14. The normalized spacial score (nSPS) is 16.6. The van der Waals surface area contributed by atoms with Crippen LogP contribution in [0.2, 0.25) is 0 Å². The summed E-state index contributed by atoms with van der Waals surface area (Å²) in [6.45, 7) is 9.95. The maximum Gasteiger partial charge on any atom is 0.256 e. The van der Waals surface area contributed by atoms with Gasteiger partial charge in [-0.3, -0.25) is 14.0 Å². The third-order valence-corrected chi connectivity index (χ3v) is 6.14. The summed E-state index contributed by atoms with van der Waals surface area (Å²) in [5.74, 6) is 1.05. The predicted molar refractivity (Wildman–Crippen MR) is 141 cm³/mol. The highest BCUT2D eigenvalue weighted by molar-refractivity contribution is 6.05. The molecule has 9 heteroatoms. The Morgan fingerprint density at radius 3 is 2.69 bits per heavy atom. The molecule has 0 aliphatic carbocycles. The highest BCUT2D eigenvalue weighted by Crippen LogP contribution is 2.34. The van der Waals surface area contributed by atoms with Gasteiger partial charge in [-0.15, -0.1) is 0 Å². The van der Waals surface area contributed by atoms with E-state index in [1.807, 2.05) is 16.2 Å². The average Bonchev–Trinajstić information content (AvgIpc) is 3.30. The van der Waals surface area contributed by atoms with Gasteiger partial charge in [0, 0.05) is 30.7 Å². The molecule has 3 aromatic rings. The van der Waals surface area contributed by atoms with Gasteiger partial charge in [-0.05, 0) is 56.0 Å². The second-order valence-corrected chi connectivity index (χ2v) is 8.44. The van der Waals surface area contributed by atoms with Crippen molar-refractivity contribution < 1.29 is 9.59 Å². The van der Waals surface area contributed by atoms with Gasteiger partial charge in [0.15, 0.2) is 0 Å². The number of hydrogen-bond acceptors (Lipinski definition) is 6. The molecule has 36 heavy (non-hydrogen) atoms. The quantitative estimate of drug-likeness (QED) is 0.386. The summed E-state index contributed by atoms with van der Waals surface area (Å²) < 4.78 is 1.90. The number of nitrogens with zero attached hydrogens (tertiary/aromatic N) is 5. The van der Waals surface area contributed by atoms with Crippen LogP contribution in [0.1, 0.15) is 43.7 Å². The van der Waals surface area contributed by atoms with E-state index in [1.54, 1.807) is 48.9 Å². The van der Waals surface area contributed by atoms with Gasteiger partial charge in [0.05, 0.1) is 11.7 Å². The van der Waals surface area contributed by atoms with E-state index in [0.717, 1.165) is 30.7 Å². The summed E-state index contributed by atoms with van der Waals surface area (Å²) in [5, 5.41) is 2.75. The molecule has 0 spiro atoms. The van der Waals surface area contributed by atoms with Gasteiger partial charge in [0.1, 0.15) is 23.0 Å². The largest absolute Gasteiger partial charge is 0.382 e. The molecule has 1 atom stereocenters. The smallest absolute Gasteiger partial charge is 0.256 e. The van der Waals surface area contributed by atoms with Crippen molar-refractivity contribution in [3.8, 4) is 0 Å². The Hall–Kier alpha value is -4.53. The number of amides is 2. The van der Waals surface area contributed by atoms with E-state index in [-0.39, 0.29) is 17.9 Å². The lowest BCUT2D eigenvalue weighted by Gasteiger charge is -2.34. The summed E-state index contributed by atoms with van der Waals surface area (Å²) in [4.78, 5) is 40.4. The Bertz CT molecular complexity index is 1370. The number of anilines is 2. The van der Waals surface area contributed by atoms with E-state index in [1.165, 1.54) is 12.2 Å². The van der Waals surface area contributed by atoms with Crippen LogP contribution in [0.4, 0.5) is 11.6 Å². The van der Waals surface area contributed by atoms with Gasteiger partial charge < -0.3 is 16.0 Å². The Morgan fingerprint density at radius 2 is 1.97 bits per heavy atom. The fraction of sp³-hybridized carbons (Fsp3) is 0.222. The summed E-state index contributed by atoms with van der Waals surface area (Å²) in [6, 6.07) is 5.07. The van der Waals surface area contributed by atoms with Crippen LogP contribution < -0.4 is 11.1 Å². The number of rotatable bonds is 7. The Kier molecular flexibility index (Phi) is 7.39. The number of likely N-dealkylation sites (tertiary alicyclic amines) is 1. The van der Waals surface area contributed by atoms with Crippen LogP contribution in [0, 0.1) is 0 Å². The molecule has 1 aliphatic rings. The number of aromatic nitrogens is 4.